The predicted octanol–water partition coefficient (Wildman–Crippen LogP) is 5.04. The third-order valence-electron chi connectivity index (χ3n) is 6.17. The van der Waals surface area contributed by atoms with Crippen LogP contribution in [0.3, 0.4) is 0 Å². The molecule has 1 amide bonds. The fourth-order valence-electron chi connectivity index (χ4n) is 4.58. The lowest BCUT2D eigenvalue weighted by atomic mass is 9.94. The molecule has 0 bridgehead atoms. The van der Waals surface area contributed by atoms with E-state index in [1.165, 1.54) is 4.90 Å². The number of Topliss-reactive ketones (excluding diaryl/α,β-unsaturated/α-hetero) is 1. The molecule has 3 aromatic rings. The van der Waals surface area contributed by atoms with Crippen LogP contribution in [0, 0.1) is 0 Å². The van der Waals surface area contributed by atoms with Crippen molar-refractivity contribution in [3.63, 3.8) is 0 Å². The van der Waals surface area contributed by atoms with Crippen molar-refractivity contribution in [3.8, 4) is 11.5 Å². The van der Waals surface area contributed by atoms with E-state index in [1.807, 2.05) is 49.4 Å². The zero-order chi connectivity index (χ0) is 23.7. The first-order valence-electron chi connectivity index (χ1n) is 11.4. The summed E-state index contributed by atoms with van der Waals surface area (Å²) in [5, 5.41) is 11.4. The van der Waals surface area contributed by atoms with Gasteiger partial charge in [0.25, 0.3) is 11.7 Å². The molecule has 0 radical (unpaired) electrons. The molecule has 1 N–H and O–H groups in total. The number of para-hydroxylation sites is 1. The predicted molar refractivity (Wildman–Crippen MR) is 129 cm³/mol. The molecular weight excluding hydrogens is 430 g/mol. The molecule has 0 aromatic heterocycles. The smallest absolute Gasteiger partial charge is 0.300 e. The van der Waals surface area contributed by atoms with E-state index in [1.54, 1.807) is 30.3 Å². The van der Waals surface area contributed by atoms with Gasteiger partial charge in [0.1, 0.15) is 17.3 Å². The van der Waals surface area contributed by atoms with Crippen LogP contribution in [0.1, 0.15) is 36.1 Å². The second-order valence-electron chi connectivity index (χ2n) is 8.28. The molecule has 1 unspecified atom stereocenters. The summed E-state index contributed by atoms with van der Waals surface area (Å²) < 4.78 is 11.2. The molecular formula is C28H25NO5. The topological polar surface area (TPSA) is 76.1 Å². The van der Waals surface area contributed by atoms with E-state index in [2.05, 4.69) is 0 Å². The van der Waals surface area contributed by atoms with Gasteiger partial charge in [0.15, 0.2) is 0 Å². The minimum atomic E-state index is -0.773. The number of amides is 1. The highest BCUT2D eigenvalue weighted by Gasteiger charge is 2.47. The molecule has 3 aromatic carbocycles. The first kappa shape index (κ1) is 21.8. The van der Waals surface area contributed by atoms with Crippen LogP contribution in [0.2, 0.25) is 0 Å². The van der Waals surface area contributed by atoms with Crippen molar-refractivity contribution < 1.29 is 24.2 Å². The normalized spacial score (nSPS) is 19.0. The first-order chi connectivity index (χ1) is 16.6. The molecule has 2 heterocycles. The number of aliphatic hydroxyl groups excluding tert-OH is 1. The number of ether oxygens (including phenoxy) is 2. The number of nitrogens with zero attached hydrogens (tertiary/aromatic N) is 1. The number of ketones is 1. The lowest BCUT2D eigenvalue weighted by Crippen LogP contribution is -2.29. The van der Waals surface area contributed by atoms with Gasteiger partial charge in [-0.05, 0) is 73.4 Å². The number of anilines is 1. The Morgan fingerprint density at radius 3 is 2.56 bits per heavy atom. The summed E-state index contributed by atoms with van der Waals surface area (Å²) in [5.41, 5.74) is 2.82. The Balaban J connectivity index is 1.66. The summed E-state index contributed by atoms with van der Waals surface area (Å²) in [5.74, 6) is -0.0978. The van der Waals surface area contributed by atoms with E-state index in [0.717, 1.165) is 24.2 Å². The minimum absolute atomic E-state index is 0.0645. The SMILES string of the molecule is CCOc1ccc(C2/C(=C(/O)c3ccc4c(c3)CCCO4)C(=O)C(=O)N2c2ccccc2)cc1. The van der Waals surface area contributed by atoms with Gasteiger partial charge in [-0.2, -0.15) is 0 Å². The van der Waals surface area contributed by atoms with Gasteiger partial charge in [0, 0.05) is 11.3 Å². The van der Waals surface area contributed by atoms with E-state index in [0.29, 0.717) is 35.8 Å². The molecule has 0 spiro atoms. The number of aliphatic hydroxyl groups is 1. The Bertz CT molecular complexity index is 1260. The van der Waals surface area contributed by atoms with Crippen molar-refractivity contribution in [3.05, 3.63) is 95.1 Å². The molecule has 2 aliphatic heterocycles. The van der Waals surface area contributed by atoms with Crippen LogP contribution in [-0.4, -0.2) is 30.0 Å². The Hall–Kier alpha value is -4.06. The van der Waals surface area contributed by atoms with Crippen LogP contribution in [0.4, 0.5) is 5.69 Å². The summed E-state index contributed by atoms with van der Waals surface area (Å²) in [6, 6.07) is 20.9. The van der Waals surface area contributed by atoms with Gasteiger partial charge in [0.05, 0.1) is 24.8 Å². The summed E-state index contributed by atoms with van der Waals surface area (Å²) in [6.07, 6.45) is 1.72. The fourth-order valence-corrected chi connectivity index (χ4v) is 4.58. The molecule has 0 aliphatic carbocycles. The van der Waals surface area contributed by atoms with E-state index in [9.17, 15) is 14.7 Å². The molecule has 1 fully saturated rings. The first-order valence-corrected chi connectivity index (χ1v) is 11.4. The highest BCUT2D eigenvalue weighted by Crippen LogP contribution is 2.43. The molecule has 34 heavy (non-hydrogen) atoms. The second-order valence-corrected chi connectivity index (χ2v) is 8.28. The maximum atomic E-state index is 13.3. The number of rotatable bonds is 5. The average Bonchev–Trinajstić information content (AvgIpc) is 3.14. The average molecular weight is 456 g/mol. The van der Waals surface area contributed by atoms with Crippen LogP contribution in [0.25, 0.3) is 5.76 Å². The lowest BCUT2D eigenvalue weighted by molar-refractivity contribution is -0.132. The number of benzene rings is 3. The third kappa shape index (κ3) is 3.81. The molecule has 1 saturated heterocycles. The van der Waals surface area contributed by atoms with Gasteiger partial charge in [-0.15, -0.1) is 0 Å². The number of aryl methyl sites for hydroxylation is 1. The monoisotopic (exact) mass is 455 g/mol. The third-order valence-corrected chi connectivity index (χ3v) is 6.17. The number of fused-ring (bicyclic) bond motifs is 1. The van der Waals surface area contributed by atoms with E-state index < -0.39 is 17.7 Å². The van der Waals surface area contributed by atoms with Gasteiger partial charge in [-0.1, -0.05) is 30.3 Å². The van der Waals surface area contributed by atoms with E-state index in [4.69, 9.17) is 9.47 Å². The molecule has 0 saturated carbocycles. The minimum Gasteiger partial charge on any atom is -0.507 e. The highest BCUT2D eigenvalue weighted by atomic mass is 16.5. The summed E-state index contributed by atoms with van der Waals surface area (Å²) in [6.45, 7) is 3.10. The van der Waals surface area contributed by atoms with Crippen LogP contribution < -0.4 is 14.4 Å². The molecule has 5 rings (SSSR count). The summed E-state index contributed by atoms with van der Waals surface area (Å²) in [4.78, 5) is 28.0. The van der Waals surface area contributed by atoms with Crippen LogP contribution in [-0.2, 0) is 16.0 Å². The van der Waals surface area contributed by atoms with Crippen molar-refractivity contribution >= 4 is 23.1 Å². The second kappa shape index (κ2) is 9.06. The number of carbonyl (C=O) groups is 2. The molecule has 172 valence electrons. The quantitative estimate of drug-likeness (QED) is 0.332. The Morgan fingerprint density at radius 2 is 1.82 bits per heavy atom. The highest BCUT2D eigenvalue weighted by molar-refractivity contribution is 6.51. The Morgan fingerprint density at radius 1 is 1.06 bits per heavy atom. The number of carbonyl (C=O) groups excluding carboxylic acids is 2. The zero-order valence-electron chi connectivity index (χ0n) is 18.9. The van der Waals surface area contributed by atoms with Crippen LogP contribution in [0.5, 0.6) is 11.5 Å². The van der Waals surface area contributed by atoms with E-state index in [-0.39, 0.29) is 11.3 Å². The Kier molecular flexibility index (Phi) is 5.80. The number of hydrogen-bond acceptors (Lipinski definition) is 5. The zero-order valence-corrected chi connectivity index (χ0v) is 18.9. The van der Waals surface area contributed by atoms with E-state index >= 15 is 0 Å². The number of hydrogen-bond donors (Lipinski definition) is 1. The molecule has 2 aliphatic rings. The van der Waals surface area contributed by atoms with Crippen molar-refractivity contribution in [2.24, 2.45) is 0 Å². The van der Waals surface area contributed by atoms with Gasteiger partial charge in [-0.3, -0.25) is 14.5 Å². The van der Waals surface area contributed by atoms with Crippen LogP contribution in [0.15, 0.2) is 78.4 Å². The van der Waals surface area contributed by atoms with Crippen molar-refractivity contribution in [2.75, 3.05) is 18.1 Å². The van der Waals surface area contributed by atoms with Gasteiger partial charge < -0.3 is 14.6 Å². The largest absolute Gasteiger partial charge is 0.507 e. The molecule has 6 nitrogen and oxygen atoms in total. The standard InChI is InChI=1S/C28H25NO5/c1-2-33-22-13-10-18(11-14-22)25-24(27(31)28(32)29(25)21-8-4-3-5-9-21)26(30)20-12-15-23-19(17-20)7-6-16-34-23/h3-5,8-15,17,25,30H,2,6-7,16H2,1H3/b26-24-. The fraction of sp³-hybridized carbons (Fsp3) is 0.214. The Labute approximate surface area is 198 Å². The van der Waals surface area contributed by atoms with Crippen molar-refractivity contribution in [2.45, 2.75) is 25.8 Å². The van der Waals surface area contributed by atoms with Gasteiger partial charge in [0.2, 0.25) is 0 Å². The van der Waals surface area contributed by atoms with Crippen LogP contribution >= 0.6 is 0 Å². The van der Waals surface area contributed by atoms with Crippen molar-refractivity contribution in [1.82, 2.24) is 0 Å². The van der Waals surface area contributed by atoms with Gasteiger partial charge >= 0.3 is 0 Å². The maximum Gasteiger partial charge on any atom is 0.300 e. The molecule has 1 atom stereocenters. The van der Waals surface area contributed by atoms with Crippen molar-refractivity contribution in [1.29, 1.82) is 0 Å². The molecule has 6 heteroatoms. The maximum absolute atomic E-state index is 13.3. The summed E-state index contributed by atoms with van der Waals surface area (Å²) >= 11 is 0. The van der Waals surface area contributed by atoms with Gasteiger partial charge in [-0.25, -0.2) is 0 Å². The summed E-state index contributed by atoms with van der Waals surface area (Å²) in [7, 11) is 0. The lowest BCUT2D eigenvalue weighted by Gasteiger charge is -2.25.